The summed E-state index contributed by atoms with van der Waals surface area (Å²) >= 11 is 6.07. The van der Waals surface area contributed by atoms with E-state index in [9.17, 15) is 14.4 Å². The second kappa shape index (κ2) is 5.93. The second-order valence-electron chi connectivity index (χ2n) is 5.81. The quantitative estimate of drug-likeness (QED) is 0.648. The first-order valence-electron chi connectivity index (χ1n) is 7.73. The molecule has 0 N–H and O–H groups in total. The lowest BCUT2D eigenvalue weighted by Crippen LogP contribution is -2.32. The van der Waals surface area contributed by atoms with Crippen LogP contribution < -0.4 is 0 Å². The van der Waals surface area contributed by atoms with E-state index in [1.54, 1.807) is 37.3 Å². The average molecular weight is 367 g/mol. The van der Waals surface area contributed by atoms with E-state index in [-0.39, 0.29) is 16.7 Å². The average Bonchev–Trinajstić information content (AvgIpc) is 2.86. The molecule has 0 saturated carbocycles. The van der Waals surface area contributed by atoms with Gasteiger partial charge in [0, 0.05) is 16.1 Å². The summed E-state index contributed by atoms with van der Waals surface area (Å²) in [6.07, 6.45) is 0. The zero-order chi connectivity index (χ0) is 18.4. The highest BCUT2D eigenvalue weighted by Gasteiger charge is 2.39. The van der Waals surface area contributed by atoms with Crippen molar-refractivity contribution in [3.05, 3.63) is 75.9 Å². The second-order valence-corrected chi connectivity index (χ2v) is 6.24. The first kappa shape index (κ1) is 16.2. The number of aromatic nitrogens is 1. The molecule has 1 aliphatic heterocycles. The third kappa shape index (κ3) is 2.51. The highest BCUT2D eigenvalue weighted by atomic mass is 35.5. The number of benzene rings is 2. The Balaban J connectivity index is 1.72. The fourth-order valence-corrected chi connectivity index (χ4v) is 3.06. The highest BCUT2D eigenvalue weighted by Crippen LogP contribution is 2.27. The van der Waals surface area contributed by atoms with Crippen LogP contribution in [0.3, 0.4) is 0 Å². The summed E-state index contributed by atoms with van der Waals surface area (Å²) in [5.41, 5.74) is 1.55. The van der Waals surface area contributed by atoms with Crippen LogP contribution in [0.5, 0.6) is 0 Å². The van der Waals surface area contributed by atoms with E-state index in [4.69, 9.17) is 16.4 Å². The Morgan fingerprint density at radius 1 is 1.04 bits per heavy atom. The van der Waals surface area contributed by atoms with E-state index in [2.05, 4.69) is 4.98 Å². The molecule has 1 aliphatic rings. The number of fused-ring (bicyclic) bond motifs is 2. The molecular formula is C19H11ClN2O4. The van der Waals surface area contributed by atoms with E-state index in [1.165, 1.54) is 18.2 Å². The molecule has 3 aromatic rings. The number of pyridine rings is 1. The minimum Gasteiger partial charge on any atom is -0.324 e. The maximum absolute atomic E-state index is 12.7. The summed E-state index contributed by atoms with van der Waals surface area (Å²) in [6, 6.07) is 12.9. The van der Waals surface area contributed by atoms with Crippen molar-refractivity contribution in [2.45, 2.75) is 6.92 Å². The van der Waals surface area contributed by atoms with Crippen molar-refractivity contribution in [1.82, 2.24) is 10.0 Å². The minimum atomic E-state index is -0.884. The molecule has 0 radical (unpaired) electrons. The summed E-state index contributed by atoms with van der Waals surface area (Å²) < 4.78 is 0. The number of imide groups is 1. The van der Waals surface area contributed by atoms with Gasteiger partial charge >= 0.3 is 5.97 Å². The van der Waals surface area contributed by atoms with Gasteiger partial charge in [0.15, 0.2) is 0 Å². The molecule has 26 heavy (non-hydrogen) atoms. The van der Waals surface area contributed by atoms with Crippen molar-refractivity contribution < 1.29 is 19.2 Å². The number of rotatable bonds is 2. The first-order valence-corrected chi connectivity index (χ1v) is 8.10. The lowest BCUT2D eigenvalue weighted by molar-refractivity contribution is -0.0583. The predicted octanol–water partition coefficient (Wildman–Crippen LogP) is 3.56. The molecule has 6 nitrogen and oxygen atoms in total. The third-order valence-corrected chi connectivity index (χ3v) is 4.27. The molecule has 2 amide bonds. The summed E-state index contributed by atoms with van der Waals surface area (Å²) in [7, 11) is 0. The summed E-state index contributed by atoms with van der Waals surface area (Å²) in [6.45, 7) is 1.79. The van der Waals surface area contributed by atoms with Crippen molar-refractivity contribution in [3.8, 4) is 0 Å². The highest BCUT2D eigenvalue weighted by molar-refractivity contribution is 6.32. The molecule has 0 fully saturated rings. The van der Waals surface area contributed by atoms with Crippen molar-refractivity contribution in [2.75, 3.05) is 0 Å². The number of amides is 2. The number of carbonyl (C=O) groups excluding carboxylic acids is 3. The van der Waals surface area contributed by atoms with Gasteiger partial charge in [-0.3, -0.25) is 14.6 Å². The Morgan fingerprint density at radius 2 is 1.69 bits per heavy atom. The molecule has 128 valence electrons. The Kier molecular flexibility index (Phi) is 3.70. The maximum atomic E-state index is 12.7. The Morgan fingerprint density at radius 3 is 2.35 bits per heavy atom. The normalized spacial score (nSPS) is 13.2. The lowest BCUT2D eigenvalue weighted by atomic mass is 10.1. The number of nitrogens with zero attached hydrogens (tertiary/aromatic N) is 2. The van der Waals surface area contributed by atoms with E-state index < -0.39 is 17.8 Å². The summed E-state index contributed by atoms with van der Waals surface area (Å²) in [4.78, 5) is 46.8. The van der Waals surface area contributed by atoms with E-state index in [0.29, 0.717) is 26.7 Å². The SMILES string of the molecule is Cc1ccc2cc(Cl)cc(C(=O)ON3C(=O)c4ccccc4C3=O)c2n1. The van der Waals surface area contributed by atoms with Gasteiger partial charge in [-0.05, 0) is 37.3 Å². The molecule has 2 aromatic carbocycles. The number of hydrogen-bond acceptors (Lipinski definition) is 5. The van der Waals surface area contributed by atoms with Gasteiger partial charge in [0.25, 0.3) is 11.8 Å². The van der Waals surface area contributed by atoms with Crippen molar-refractivity contribution in [3.63, 3.8) is 0 Å². The van der Waals surface area contributed by atoms with Gasteiger partial charge in [-0.25, -0.2) is 4.79 Å². The third-order valence-electron chi connectivity index (χ3n) is 4.05. The Labute approximate surface area is 152 Å². The summed E-state index contributed by atoms with van der Waals surface area (Å²) in [5.74, 6) is -2.26. The van der Waals surface area contributed by atoms with E-state index in [0.717, 1.165) is 0 Å². The number of aryl methyl sites for hydroxylation is 1. The molecule has 4 rings (SSSR count). The zero-order valence-corrected chi connectivity index (χ0v) is 14.3. The fourth-order valence-electron chi connectivity index (χ4n) is 2.83. The predicted molar refractivity (Wildman–Crippen MR) is 93.8 cm³/mol. The molecule has 0 aliphatic carbocycles. The monoisotopic (exact) mass is 366 g/mol. The molecule has 0 bridgehead atoms. The van der Waals surface area contributed by atoms with Crippen molar-refractivity contribution in [2.24, 2.45) is 0 Å². The van der Waals surface area contributed by atoms with Gasteiger partial charge in [0.1, 0.15) is 0 Å². The van der Waals surface area contributed by atoms with Crippen LogP contribution >= 0.6 is 11.6 Å². The molecule has 7 heteroatoms. The Hall–Kier alpha value is -3.25. The van der Waals surface area contributed by atoms with Crippen LogP contribution in [0.2, 0.25) is 5.02 Å². The van der Waals surface area contributed by atoms with Gasteiger partial charge in [-0.2, -0.15) is 0 Å². The van der Waals surface area contributed by atoms with Gasteiger partial charge in [-0.15, -0.1) is 0 Å². The smallest absolute Gasteiger partial charge is 0.324 e. The van der Waals surface area contributed by atoms with Crippen LogP contribution in [0.15, 0.2) is 48.5 Å². The molecule has 0 atom stereocenters. The molecule has 0 spiro atoms. The zero-order valence-electron chi connectivity index (χ0n) is 13.5. The van der Waals surface area contributed by atoms with Gasteiger partial charge in [0.05, 0.1) is 22.2 Å². The van der Waals surface area contributed by atoms with Crippen LogP contribution in [-0.4, -0.2) is 27.8 Å². The van der Waals surface area contributed by atoms with Gasteiger partial charge in [-0.1, -0.05) is 34.9 Å². The van der Waals surface area contributed by atoms with E-state index >= 15 is 0 Å². The van der Waals surface area contributed by atoms with Crippen molar-refractivity contribution >= 4 is 40.3 Å². The topological polar surface area (TPSA) is 76.6 Å². The van der Waals surface area contributed by atoms with Crippen LogP contribution in [0, 0.1) is 6.92 Å². The first-order chi connectivity index (χ1) is 12.5. The van der Waals surface area contributed by atoms with Gasteiger partial charge in [0.2, 0.25) is 0 Å². The standard InChI is InChI=1S/C19H11ClN2O4/c1-10-6-7-11-8-12(20)9-15(16(11)21-10)19(25)26-22-17(23)13-4-2-3-5-14(13)18(22)24/h2-9H,1H3. The maximum Gasteiger partial charge on any atom is 0.366 e. The molecule has 0 unspecified atom stereocenters. The number of carbonyl (C=O) groups is 3. The van der Waals surface area contributed by atoms with Crippen LogP contribution in [0.1, 0.15) is 36.8 Å². The molecule has 1 aromatic heterocycles. The van der Waals surface area contributed by atoms with E-state index in [1.807, 2.05) is 0 Å². The number of hydrogen-bond donors (Lipinski definition) is 0. The van der Waals surface area contributed by atoms with Crippen LogP contribution in [0.4, 0.5) is 0 Å². The minimum absolute atomic E-state index is 0.0766. The fraction of sp³-hybridized carbons (Fsp3) is 0.0526. The number of hydroxylamine groups is 2. The van der Waals surface area contributed by atoms with Crippen LogP contribution in [0.25, 0.3) is 10.9 Å². The largest absolute Gasteiger partial charge is 0.366 e. The van der Waals surface area contributed by atoms with Gasteiger partial charge < -0.3 is 4.84 Å². The summed E-state index contributed by atoms with van der Waals surface area (Å²) in [5, 5.41) is 1.44. The lowest BCUT2D eigenvalue weighted by Gasteiger charge is -2.14. The molecular weight excluding hydrogens is 356 g/mol. The molecule has 2 heterocycles. The Bertz CT molecular complexity index is 1070. The number of halogens is 1. The van der Waals surface area contributed by atoms with Crippen LogP contribution in [-0.2, 0) is 4.84 Å². The molecule has 0 saturated heterocycles. The van der Waals surface area contributed by atoms with Crippen molar-refractivity contribution in [1.29, 1.82) is 0 Å².